The lowest BCUT2D eigenvalue weighted by Gasteiger charge is -2.07. The zero-order valence-electron chi connectivity index (χ0n) is 7.36. The van der Waals surface area contributed by atoms with Crippen LogP contribution >= 0.6 is 0 Å². The van der Waals surface area contributed by atoms with E-state index in [2.05, 4.69) is 0 Å². The summed E-state index contributed by atoms with van der Waals surface area (Å²) < 4.78 is 6.75. The Bertz CT molecular complexity index is 239. The normalized spacial score (nSPS) is 10.2. The fraction of sp³-hybridized carbons (Fsp3) is 0.444. The number of carbonyl (C=O) groups is 1. The summed E-state index contributed by atoms with van der Waals surface area (Å²) in [5.74, 6) is -0.193. The molecule has 0 N–H and O–H groups in total. The first kappa shape index (κ1) is 8.84. The number of rotatable bonds is 3. The molecule has 0 saturated carbocycles. The van der Waals surface area contributed by atoms with Gasteiger partial charge in [-0.1, -0.05) is 0 Å². The highest BCUT2D eigenvalue weighted by atomic mass is 16.5. The topological polar surface area (TPSA) is 31.2 Å². The van der Waals surface area contributed by atoms with Crippen LogP contribution in [0.1, 0.15) is 13.8 Å². The van der Waals surface area contributed by atoms with Gasteiger partial charge in [0.1, 0.15) is 6.54 Å². The Hall–Kier alpha value is -1.25. The van der Waals surface area contributed by atoms with Crippen LogP contribution in [0.5, 0.6) is 0 Å². The van der Waals surface area contributed by atoms with Gasteiger partial charge in [-0.15, -0.1) is 0 Å². The third-order valence-corrected chi connectivity index (χ3v) is 1.35. The predicted octanol–water partition coefficient (Wildman–Crippen LogP) is 1.44. The zero-order valence-corrected chi connectivity index (χ0v) is 7.36. The molecular formula is C9H13NO2. The van der Waals surface area contributed by atoms with Crippen molar-refractivity contribution >= 4 is 5.97 Å². The number of nitrogens with zero attached hydrogens (tertiary/aromatic N) is 1. The van der Waals surface area contributed by atoms with Gasteiger partial charge in [-0.3, -0.25) is 4.79 Å². The van der Waals surface area contributed by atoms with Gasteiger partial charge in [0.2, 0.25) is 0 Å². The van der Waals surface area contributed by atoms with Crippen LogP contribution in [0.4, 0.5) is 0 Å². The summed E-state index contributed by atoms with van der Waals surface area (Å²) in [7, 11) is 0. The van der Waals surface area contributed by atoms with Crippen molar-refractivity contribution in [2.24, 2.45) is 0 Å². The first-order chi connectivity index (χ1) is 5.68. The minimum absolute atomic E-state index is 0.0342. The summed E-state index contributed by atoms with van der Waals surface area (Å²) in [5.41, 5.74) is 0. The molecule has 0 aromatic carbocycles. The summed E-state index contributed by atoms with van der Waals surface area (Å²) in [6, 6.07) is 3.76. The summed E-state index contributed by atoms with van der Waals surface area (Å²) in [6.45, 7) is 3.98. The molecule has 3 heteroatoms. The van der Waals surface area contributed by atoms with Gasteiger partial charge in [-0.05, 0) is 26.0 Å². The van der Waals surface area contributed by atoms with Crippen molar-refractivity contribution in [2.45, 2.75) is 26.5 Å². The molecule has 0 fully saturated rings. The van der Waals surface area contributed by atoms with Crippen LogP contribution in [-0.4, -0.2) is 16.6 Å². The van der Waals surface area contributed by atoms with E-state index < -0.39 is 0 Å². The summed E-state index contributed by atoms with van der Waals surface area (Å²) in [6.07, 6.45) is 3.64. The van der Waals surface area contributed by atoms with Gasteiger partial charge >= 0.3 is 5.97 Å². The molecule has 0 bridgehead atoms. The molecular weight excluding hydrogens is 154 g/mol. The molecule has 1 rings (SSSR count). The van der Waals surface area contributed by atoms with Gasteiger partial charge in [-0.25, -0.2) is 0 Å². The smallest absolute Gasteiger partial charge is 0.326 e. The van der Waals surface area contributed by atoms with Crippen LogP contribution in [0.2, 0.25) is 0 Å². The van der Waals surface area contributed by atoms with E-state index >= 15 is 0 Å². The molecule has 0 aliphatic rings. The van der Waals surface area contributed by atoms with Crippen molar-refractivity contribution in [3.05, 3.63) is 24.5 Å². The van der Waals surface area contributed by atoms with Gasteiger partial charge in [0.25, 0.3) is 0 Å². The molecule has 1 heterocycles. The summed E-state index contributed by atoms with van der Waals surface area (Å²) in [4.78, 5) is 11.1. The van der Waals surface area contributed by atoms with Gasteiger partial charge in [0.05, 0.1) is 6.10 Å². The standard InChI is InChI=1S/C9H13NO2/c1-8(2)12-9(11)7-10-5-3-4-6-10/h3-6,8H,7H2,1-2H3. The lowest BCUT2D eigenvalue weighted by Crippen LogP contribution is -2.16. The zero-order chi connectivity index (χ0) is 8.97. The second-order valence-corrected chi connectivity index (χ2v) is 2.89. The van der Waals surface area contributed by atoms with E-state index in [0.29, 0.717) is 6.54 Å². The lowest BCUT2D eigenvalue weighted by molar-refractivity contribution is -0.148. The summed E-state index contributed by atoms with van der Waals surface area (Å²) in [5, 5.41) is 0. The molecule has 0 saturated heterocycles. The highest BCUT2D eigenvalue weighted by Crippen LogP contribution is 1.94. The van der Waals surface area contributed by atoms with Crippen molar-refractivity contribution in [3.8, 4) is 0 Å². The third-order valence-electron chi connectivity index (χ3n) is 1.35. The van der Waals surface area contributed by atoms with Crippen LogP contribution in [0.3, 0.4) is 0 Å². The number of hydrogen-bond acceptors (Lipinski definition) is 2. The van der Waals surface area contributed by atoms with Crippen LogP contribution < -0.4 is 0 Å². The largest absolute Gasteiger partial charge is 0.462 e. The molecule has 1 aromatic heterocycles. The van der Waals surface area contributed by atoms with Gasteiger partial charge < -0.3 is 9.30 Å². The Kier molecular flexibility index (Phi) is 2.91. The highest BCUT2D eigenvalue weighted by Gasteiger charge is 2.04. The Labute approximate surface area is 72.0 Å². The van der Waals surface area contributed by atoms with Crippen LogP contribution in [0, 0.1) is 0 Å². The second kappa shape index (κ2) is 3.95. The molecule has 0 aliphatic carbocycles. The van der Waals surface area contributed by atoms with E-state index in [9.17, 15) is 4.79 Å². The third kappa shape index (κ3) is 2.78. The lowest BCUT2D eigenvalue weighted by atomic mass is 10.5. The number of aromatic nitrogens is 1. The highest BCUT2D eigenvalue weighted by molar-refractivity contribution is 5.69. The maximum Gasteiger partial charge on any atom is 0.326 e. The van der Waals surface area contributed by atoms with E-state index in [0.717, 1.165) is 0 Å². The molecule has 66 valence electrons. The maximum absolute atomic E-state index is 11.1. The molecule has 0 amide bonds. The van der Waals surface area contributed by atoms with Crippen molar-refractivity contribution in [1.29, 1.82) is 0 Å². The molecule has 1 aromatic rings. The van der Waals surface area contributed by atoms with E-state index in [4.69, 9.17) is 4.74 Å². The molecule has 0 radical (unpaired) electrons. The van der Waals surface area contributed by atoms with Crippen molar-refractivity contribution in [2.75, 3.05) is 0 Å². The van der Waals surface area contributed by atoms with Gasteiger partial charge in [0.15, 0.2) is 0 Å². The summed E-state index contributed by atoms with van der Waals surface area (Å²) >= 11 is 0. The van der Waals surface area contributed by atoms with Crippen LogP contribution in [-0.2, 0) is 16.1 Å². The molecule has 0 spiro atoms. The first-order valence-electron chi connectivity index (χ1n) is 3.98. The fourth-order valence-electron chi connectivity index (χ4n) is 0.925. The quantitative estimate of drug-likeness (QED) is 0.638. The molecule has 12 heavy (non-hydrogen) atoms. The second-order valence-electron chi connectivity index (χ2n) is 2.89. The SMILES string of the molecule is CC(C)OC(=O)Cn1cccc1. The van der Waals surface area contributed by atoms with E-state index in [1.54, 1.807) is 4.57 Å². The van der Waals surface area contributed by atoms with E-state index in [-0.39, 0.29) is 12.1 Å². The predicted molar refractivity (Wildman–Crippen MR) is 45.7 cm³/mol. The fourth-order valence-corrected chi connectivity index (χ4v) is 0.925. The van der Waals surface area contributed by atoms with E-state index in [1.165, 1.54) is 0 Å². The first-order valence-corrected chi connectivity index (χ1v) is 3.98. The Morgan fingerprint density at radius 3 is 2.50 bits per heavy atom. The van der Waals surface area contributed by atoms with Crippen LogP contribution in [0.15, 0.2) is 24.5 Å². The minimum atomic E-state index is -0.193. The minimum Gasteiger partial charge on any atom is -0.462 e. The van der Waals surface area contributed by atoms with E-state index in [1.807, 2.05) is 38.4 Å². The molecule has 0 unspecified atom stereocenters. The monoisotopic (exact) mass is 167 g/mol. The van der Waals surface area contributed by atoms with Crippen molar-refractivity contribution in [3.63, 3.8) is 0 Å². The van der Waals surface area contributed by atoms with Crippen LogP contribution in [0.25, 0.3) is 0 Å². The molecule has 0 atom stereocenters. The molecule has 0 aliphatic heterocycles. The van der Waals surface area contributed by atoms with Gasteiger partial charge in [-0.2, -0.15) is 0 Å². The Morgan fingerprint density at radius 1 is 1.42 bits per heavy atom. The number of ether oxygens (including phenoxy) is 1. The number of hydrogen-bond donors (Lipinski definition) is 0. The Balaban J connectivity index is 2.37. The maximum atomic E-state index is 11.1. The average molecular weight is 167 g/mol. The number of esters is 1. The average Bonchev–Trinajstić information content (AvgIpc) is 2.37. The van der Waals surface area contributed by atoms with Crippen molar-refractivity contribution < 1.29 is 9.53 Å². The van der Waals surface area contributed by atoms with Crippen molar-refractivity contribution in [1.82, 2.24) is 4.57 Å². The molecule has 3 nitrogen and oxygen atoms in total. The van der Waals surface area contributed by atoms with Gasteiger partial charge in [0, 0.05) is 12.4 Å². The Morgan fingerprint density at radius 2 is 2.00 bits per heavy atom. The number of carbonyl (C=O) groups excluding carboxylic acids is 1.